The number of benzene rings is 2. The number of nitrogens with one attached hydrogen (secondary N) is 1. The molecular formula is C23H19F2NO7. The highest BCUT2D eigenvalue weighted by molar-refractivity contribution is 5.90. The van der Waals surface area contributed by atoms with Crippen molar-refractivity contribution >= 4 is 34.8 Å². The zero-order valence-corrected chi connectivity index (χ0v) is 17.4. The summed E-state index contributed by atoms with van der Waals surface area (Å²) in [5, 5.41) is 3.03. The minimum absolute atomic E-state index is 0.000117. The lowest BCUT2D eigenvalue weighted by Crippen LogP contribution is -2.13. The maximum absolute atomic E-state index is 12.2. The molecule has 0 radical (unpaired) electrons. The van der Waals surface area contributed by atoms with Gasteiger partial charge in [0.1, 0.15) is 17.9 Å². The number of esters is 1. The van der Waals surface area contributed by atoms with Gasteiger partial charge < -0.3 is 18.6 Å². The van der Waals surface area contributed by atoms with Gasteiger partial charge in [0.2, 0.25) is 0 Å². The van der Waals surface area contributed by atoms with Gasteiger partial charge in [0.15, 0.2) is 0 Å². The van der Waals surface area contributed by atoms with Crippen LogP contribution in [0.15, 0.2) is 63.8 Å². The molecule has 3 aromatic rings. The zero-order chi connectivity index (χ0) is 23.8. The predicted octanol–water partition coefficient (Wildman–Crippen LogP) is 4.72. The summed E-state index contributed by atoms with van der Waals surface area (Å²) in [7, 11) is 0. The molecule has 172 valence electrons. The van der Waals surface area contributed by atoms with Crippen molar-refractivity contribution in [2.24, 2.45) is 0 Å². The molecule has 0 unspecified atom stereocenters. The van der Waals surface area contributed by atoms with Gasteiger partial charge in [0.05, 0.1) is 6.61 Å². The van der Waals surface area contributed by atoms with Crippen LogP contribution in [0, 0.1) is 0 Å². The molecule has 2 aromatic carbocycles. The molecule has 10 heteroatoms. The van der Waals surface area contributed by atoms with Gasteiger partial charge in [0, 0.05) is 34.8 Å². The van der Waals surface area contributed by atoms with Crippen LogP contribution in [0.5, 0.6) is 5.75 Å². The van der Waals surface area contributed by atoms with E-state index >= 15 is 0 Å². The van der Waals surface area contributed by atoms with E-state index in [0.717, 1.165) is 6.08 Å². The molecule has 0 aliphatic rings. The number of fused-ring (bicyclic) bond motifs is 1. The number of rotatable bonds is 8. The minimum Gasteiger partial charge on any atom is -0.458 e. The first-order valence-corrected chi connectivity index (χ1v) is 9.74. The molecule has 0 aliphatic heterocycles. The molecule has 1 aromatic heterocycles. The van der Waals surface area contributed by atoms with Crippen molar-refractivity contribution in [3.63, 3.8) is 0 Å². The smallest absolute Gasteiger partial charge is 0.411 e. The number of ether oxygens (including phenoxy) is 3. The van der Waals surface area contributed by atoms with Gasteiger partial charge in [-0.05, 0) is 42.8 Å². The topological polar surface area (TPSA) is 104 Å². The Balaban J connectivity index is 1.66. The molecule has 8 nitrogen and oxygen atoms in total. The Bertz CT molecular complexity index is 1220. The first-order chi connectivity index (χ1) is 15.8. The first-order valence-electron chi connectivity index (χ1n) is 9.74. The summed E-state index contributed by atoms with van der Waals surface area (Å²) < 4.78 is 43.8. The van der Waals surface area contributed by atoms with Gasteiger partial charge in [-0.3, -0.25) is 5.32 Å². The first kappa shape index (κ1) is 23.5. The summed E-state index contributed by atoms with van der Waals surface area (Å²) >= 11 is 0. The number of carbonyl (C=O) groups excluding carboxylic acids is 2. The summed E-state index contributed by atoms with van der Waals surface area (Å²) in [5.41, 5.74) is 0.902. The van der Waals surface area contributed by atoms with Gasteiger partial charge in [-0.2, -0.15) is 8.78 Å². The van der Waals surface area contributed by atoms with Gasteiger partial charge in [-0.1, -0.05) is 12.1 Å². The molecule has 0 atom stereocenters. The summed E-state index contributed by atoms with van der Waals surface area (Å²) in [6.45, 7) is -1.24. The van der Waals surface area contributed by atoms with E-state index in [1.807, 2.05) is 0 Å². The monoisotopic (exact) mass is 459 g/mol. The van der Waals surface area contributed by atoms with E-state index in [1.165, 1.54) is 42.5 Å². The second-order valence-corrected chi connectivity index (χ2v) is 6.54. The van der Waals surface area contributed by atoms with Crippen LogP contribution in [0.25, 0.3) is 17.0 Å². The molecule has 0 aliphatic carbocycles. The molecule has 0 saturated carbocycles. The lowest BCUT2D eigenvalue weighted by atomic mass is 10.1. The minimum atomic E-state index is -2.92. The van der Waals surface area contributed by atoms with Gasteiger partial charge in [0.25, 0.3) is 0 Å². The van der Waals surface area contributed by atoms with Crippen LogP contribution in [0.1, 0.15) is 18.1 Å². The predicted molar refractivity (Wildman–Crippen MR) is 115 cm³/mol. The molecule has 0 spiro atoms. The normalized spacial score (nSPS) is 11.0. The van der Waals surface area contributed by atoms with Gasteiger partial charge in [-0.25, -0.2) is 14.4 Å². The lowest BCUT2D eigenvalue weighted by molar-refractivity contribution is -0.138. The van der Waals surface area contributed by atoms with E-state index in [4.69, 9.17) is 13.9 Å². The van der Waals surface area contributed by atoms with E-state index in [1.54, 1.807) is 19.1 Å². The zero-order valence-electron chi connectivity index (χ0n) is 17.4. The number of hydrogen-bond acceptors (Lipinski definition) is 7. The third-order valence-corrected chi connectivity index (χ3v) is 4.24. The van der Waals surface area contributed by atoms with Crippen LogP contribution in [0.3, 0.4) is 0 Å². The van der Waals surface area contributed by atoms with Crippen LogP contribution in [-0.4, -0.2) is 25.3 Å². The van der Waals surface area contributed by atoms with E-state index in [-0.39, 0.29) is 24.5 Å². The fourth-order valence-corrected chi connectivity index (χ4v) is 2.83. The van der Waals surface area contributed by atoms with Crippen LogP contribution in [0.4, 0.5) is 19.3 Å². The Labute approximate surface area is 186 Å². The highest BCUT2D eigenvalue weighted by Crippen LogP contribution is 2.22. The fourth-order valence-electron chi connectivity index (χ4n) is 2.83. The Morgan fingerprint density at radius 1 is 1.09 bits per heavy atom. The average molecular weight is 459 g/mol. The van der Waals surface area contributed by atoms with Crippen LogP contribution in [0.2, 0.25) is 0 Å². The average Bonchev–Trinajstić information content (AvgIpc) is 2.76. The number of amides is 1. The largest absolute Gasteiger partial charge is 0.458 e. The number of halogens is 2. The molecule has 1 amide bonds. The third-order valence-electron chi connectivity index (χ3n) is 4.24. The van der Waals surface area contributed by atoms with Crippen molar-refractivity contribution < 1.29 is 37.0 Å². The molecule has 1 N–H and O–H groups in total. The highest BCUT2D eigenvalue weighted by Gasteiger charge is 2.10. The fraction of sp³-hybridized carbons (Fsp3) is 0.174. The van der Waals surface area contributed by atoms with E-state index < -0.39 is 24.3 Å². The van der Waals surface area contributed by atoms with Gasteiger partial charge >= 0.3 is 24.3 Å². The number of alkyl halides is 2. The lowest BCUT2D eigenvalue weighted by Gasteiger charge is -2.08. The Kier molecular flexibility index (Phi) is 7.74. The molecule has 0 bridgehead atoms. The van der Waals surface area contributed by atoms with Crippen LogP contribution >= 0.6 is 0 Å². The van der Waals surface area contributed by atoms with Crippen LogP contribution < -0.4 is 15.7 Å². The van der Waals surface area contributed by atoms with Crippen molar-refractivity contribution in [2.45, 2.75) is 20.1 Å². The molecule has 3 rings (SSSR count). The van der Waals surface area contributed by atoms with Crippen molar-refractivity contribution in [3.8, 4) is 5.75 Å². The molecular weight excluding hydrogens is 440 g/mol. The van der Waals surface area contributed by atoms with Crippen molar-refractivity contribution in [3.05, 3.63) is 76.2 Å². The Hall–Kier alpha value is -4.21. The van der Waals surface area contributed by atoms with E-state index in [2.05, 4.69) is 10.1 Å². The second kappa shape index (κ2) is 10.9. The summed E-state index contributed by atoms with van der Waals surface area (Å²) in [4.78, 5) is 35.5. The van der Waals surface area contributed by atoms with E-state index in [0.29, 0.717) is 22.2 Å². The van der Waals surface area contributed by atoms with Crippen molar-refractivity contribution in [1.29, 1.82) is 0 Å². The number of anilines is 1. The summed E-state index contributed by atoms with van der Waals surface area (Å²) in [6.07, 6.45) is 1.96. The SMILES string of the molecule is CCOC(=O)Nc1ccc2c(COC(=O)/C=C/c3ccc(OC(F)F)cc3)cc(=O)oc2c1. The van der Waals surface area contributed by atoms with Crippen molar-refractivity contribution in [2.75, 3.05) is 11.9 Å². The Morgan fingerprint density at radius 2 is 1.85 bits per heavy atom. The highest BCUT2D eigenvalue weighted by atomic mass is 19.3. The summed E-state index contributed by atoms with van der Waals surface area (Å²) in [6, 6.07) is 11.6. The standard InChI is InChI=1S/C23H19F2NO7/c1-2-30-23(29)26-16-6-9-18-15(11-21(28)33-19(18)12-16)13-31-20(27)10-5-14-3-7-17(8-4-14)32-22(24)25/h3-12,22H,2,13H2,1H3,(H,26,29)/b10-5+. The number of carbonyl (C=O) groups is 2. The molecule has 1 heterocycles. The molecule has 0 saturated heterocycles. The molecule has 0 fully saturated rings. The third kappa shape index (κ3) is 6.89. The summed E-state index contributed by atoms with van der Waals surface area (Å²) in [5.74, 6) is -0.676. The Morgan fingerprint density at radius 3 is 2.55 bits per heavy atom. The quantitative estimate of drug-likeness (QED) is 0.295. The molecule has 33 heavy (non-hydrogen) atoms. The van der Waals surface area contributed by atoms with Crippen LogP contribution in [-0.2, 0) is 20.9 Å². The second-order valence-electron chi connectivity index (χ2n) is 6.54. The van der Waals surface area contributed by atoms with Gasteiger partial charge in [-0.15, -0.1) is 0 Å². The van der Waals surface area contributed by atoms with E-state index in [9.17, 15) is 23.2 Å². The maximum Gasteiger partial charge on any atom is 0.411 e. The maximum atomic E-state index is 12.2. The van der Waals surface area contributed by atoms with Crippen molar-refractivity contribution in [1.82, 2.24) is 0 Å². The number of hydrogen-bond donors (Lipinski definition) is 1.